The first-order valence-electron chi connectivity index (χ1n) is 9.81. The van der Waals surface area contributed by atoms with E-state index in [9.17, 15) is 9.90 Å². The van der Waals surface area contributed by atoms with Crippen LogP contribution in [0.3, 0.4) is 0 Å². The molecule has 0 saturated carbocycles. The molecule has 0 atom stereocenters. The van der Waals surface area contributed by atoms with Gasteiger partial charge in [-0.25, -0.2) is 4.84 Å². The fourth-order valence-corrected chi connectivity index (χ4v) is 4.18. The first kappa shape index (κ1) is 22.9. The van der Waals surface area contributed by atoms with Gasteiger partial charge >= 0.3 is 6.21 Å². The molecule has 0 aromatic heterocycles. The van der Waals surface area contributed by atoms with Crippen molar-refractivity contribution in [1.29, 1.82) is 0 Å². The van der Waals surface area contributed by atoms with Gasteiger partial charge in [0.25, 0.3) is 0 Å². The second-order valence-electron chi connectivity index (χ2n) is 7.15. The molecule has 0 radical (unpaired) electrons. The van der Waals surface area contributed by atoms with Crippen LogP contribution >= 0.6 is 31.9 Å². The number of carbonyl (C=O) groups is 1. The minimum absolute atomic E-state index is 0.372. The lowest BCUT2D eigenvalue weighted by atomic mass is 9.84. The quantitative estimate of drug-likeness (QED) is 0.308. The van der Waals surface area contributed by atoms with Crippen molar-refractivity contribution in [3.8, 4) is 5.75 Å². The maximum absolute atomic E-state index is 11.1. The van der Waals surface area contributed by atoms with E-state index in [0.29, 0.717) is 38.0 Å². The predicted molar refractivity (Wildman–Crippen MR) is 121 cm³/mol. The summed E-state index contributed by atoms with van der Waals surface area (Å²) in [7, 11) is 0. The molecule has 1 aliphatic rings. The molecular formula is C22H25Br2N2O4+. The van der Waals surface area contributed by atoms with Crippen LogP contribution in [0.4, 0.5) is 0 Å². The van der Waals surface area contributed by atoms with Crippen LogP contribution in [-0.4, -0.2) is 47.1 Å². The Labute approximate surface area is 193 Å². The van der Waals surface area contributed by atoms with Crippen molar-refractivity contribution in [1.82, 2.24) is 4.90 Å². The molecule has 1 aliphatic heterocycles. The third kappa shape index (κ3) is 5.91. The van der Waals surface area contributed by atoms with Crippen molar-refractivity contribution < 1.29 is 24.5 Å². The first-order chi connectivity index (χ1) is 14.4. The predicted octanol–water partition coefficient (Wildman–Crippen LogP) is 4.22. The Hall–Kier alpha value is -1.74. The van der Waals surface area contributed by atoms with Crippen molar-refractivity contribution in [2.75, 3.05) is 19.7 Å². The molecule has 1 heterocycles. The van der Waals surface area contributed by atoms with Crippen molar-refractivity contribution in [2.45, 2.75) is 31.9 Å². The minimum Gasteiger partial charge on any atom is -0.385 e. The summed E-state index contributed by atoms with van der Waals surface area (Å²) in [5, 5.41) is 11.1. The summed E-state index contributed by atoms with van der Waals surface area (Å²) < 4.78 is 1.94. The van der Waals surface area contributed by atoms with Gasteiger partial charge in [0.15, 0.2) is 6.61 Å². The molecule has 0 amide bonds. The summed E-state index contributed by atoms with van der Waals surface area (Å²) in [6.45, 7) is 4.36. The van der Waals surface area contributed by atoms with Crippen LogP contribution in [0.2, 0.25) is 0 Å². The minimum atomic E-state index is -0.807. The van der Waals surface area contributed by atoms with Crippen LogP contribution in [0.1, 0.15) is 30.9 Å². The Morgan fingerprint density at radius 2 is 1.80 bits per heavy atom. The summed E-state index contributed by atoms with van der Waals surface area (Å²) >= 11 is 6.96. The molecular weight excluding hydrogens is 516 g/mol. The van der Waals surface area contributed by atoms with Gasteiger partial charge in [-0.15, -0.1) is 0 Å². The third-order valence-corrected chi connectivity index (χ3v) is 6.13. The highest BCUT2D eigenvalue weighted by Gasteiger charge is 2.34. The van der Waals surface area contributed by atoms with Gasteiger partial charge in [-0.05, 0) is 55.7 Å². The number of nitrogens with zero attached hydrogens (tertiary/aromatic N) is 2. The number of piperidine rings is 1. The van der Waals surface area contributed by atoms with E-state index < -0.39 is 5.60 Å². The smallest absolute Gasteiger partial charge is 0.316 e. The molecule has 2 aromatic rings. The maximum Gasteiger partial charge on any atom is 0.316 e. The number of benzene rings is 2. The molecule has 0 unspecified atom stereocenters. The molecule has 2 aromatic carbocycles. The van der Waals surface area contributed by atoms with Crippen LogP contribution in [-0.2, 0) is 21.8 Å². The second kappa shape index (κ2) is 10.5. The van der Waals surface area contributed by atoms with Gasteiger partial charge in [0, 0.05) is 34.1 Å². The highest BCUT2D eigenvalue weighted by Crippen LogP contribution is 2.34. The van der Waals surface area contributed by atoms with Crippen LogP contribution in [0.5, 0.6) is 5.75 Å². The molecule has 160 valence electrons. The zero-order chi connectivity index (χ0) is 21.6. The van der Waals surface area contributed by atoms with Gasteiger partial charge in [0.05, 0.1) is 5.60 Å². The van der Waals surface area contributed by atoms with Crippen molar-refractivity contribution in [3.63, 3.8) is 0 Å². The van der Waals surface area contributed by atoms with Gasteiger partial charge in [0.1, 0.15) is 0 Å². The first-order valence-corrected chi connectivity index (χ1v) is 11.4. The zero-order valence-corrected chi connectivity index (χ0v) is 19.9. The Morgan fingerprint density at radius 3 is 2.43 bits per heavy atom. The molecule has 1 saturated heterocycles. The van der Waals surface area contributed by atoms with Crippen LogP contribution in [0.15, 0.2) is 51.4 Å². The normalized spacial score (nSPS) is 16.9. The second-order valence-corrected chi connectivity index (χ2v) is 8.98. The summed E-state index contributed by atoms with van der Waals surface area (Å²) in [5.41, 5.74) is 1.11. The number of likely N-dealkylation sites (tertiary alicyclic amines) is 1. The average Bonchev–Trinajstić information content (AvgIpc) is 2.72. The molecule has 8 heteroatoms. The third-order valence-electron chi connectivity index (χ3n) is 5.11. The molecule has 6 nitrogen and oxygen atoms in total. The summed E-state index contributed by atoms with van der Waals surface area (Å²) in [6.07, 6.45) is 3.11. The van der Waals surface area contributed by atoms with Gasteiger partial charge in [-0.1, -0.05) is 44.0 Å². The molecule has 0 aliphatic carbocycles. The maximum atomic E-state index is 11.1. The van der Waals surface area contributed by atoms with Gasteiger partial charge in [-0.3, -0.25) is 9.69 Å². The van der Waals surface area contributed by atoms with Gasteiger partial charge in [0.2, 0.25) is 16.9 Å². The topological polar surface area (TPSA) is 62.0 Å². The molecule has 1 N–H and O–H groups in total. The van der Waals surface area contributed by atoms with Crippen molar-refractivity contribution >= 4 is 44.4 Å². The van der Waals surface area contributed by atoms with E-state index in [-0.39, 0.29) is 0 Å². The van der Waals surface area contributed by atoms with Crippen LogP contribution < -0.4 is 4.84 Å². The van der Waals surface area contributed by atoms with E-state index in [1.165, 1.54) is 6.21 Å². The molecule has 1 fully saturated rings. The number of aliphatic hydroxyl groups is 1. The summed E-state index contributed by atoms with van der Waals surface area (Å²) in [4.78, 5) is 25.3. The Bertz CT molecular complexity index is 895. The van der Waals surface area contributed by atoms with Gasteiger partial charge in [-0.2, -0.15) is 4.84 Å². The Morgan fingerprint density at radius 1 is 1.13 bits per heavy atom. The average molecular weight is 541 g/mol. The monoisotopic (exact) mass is 539 g/mol. The van der Waals surface area contributed by atoms with Gasteiger partial charge < -0.3 is 5.11 Å². The highest BCUT2D eigenvalue weighted by atomic mass is 79.9. The Balaban J connectivity index is 1.70. The van der Waals surface area contributed by atoms with Crippen molar-refractivity contribution in [3.05, 3.63) is 62.5 Å². The number of carbonyl (C=O) groups excluding carboxylic acids is 1. The van der Waals surface area contributed by atoms with E-state index in [1.807, 2.05) is 49.4 Å². The standard InChI is InChI=1S/C22H25Br2N2O4/c1-2-29-26(13-14-27)30-21-8-7-20(24)15-17(21)16-25-11-9-22(28,10-12-25)18-3-5-19(23)6-4-18/h3-8,13-15,28H,2,9-12,16H2,1H3/q+1. The summed E-state index contributed by atoms with van der Waals surface area (Å²) in [6, 6.07) is 13.6. The highest BCUT2D eigenvalue weighted by molar-refractivity contribution is 9.10. The lowest BCUT2D eigenvalue weighted by Crippen LogP contribution is -2.42. The number of halogens is 2. The Kier molecular flexibility index (Phi) is 8.05. The largest absolute Gasteiger partial charge is 0.385 e. The van der Waals surface area contributed by atoms with Crippen LogP contribution in [0, 0.1) is 0 Å². The van der Waals surface area contributed by atoms with E-state index in [1.54, 1.807) is 0 Å². The van der Waals surface area contributed by atoms with E-state index >= 15 is 0 Å². The number of hydrogen-bond acceptors (Lipinski definition) is 5. The number of hydrogen-bond donors (Lipinski definition) is 1. The lowest BCUT2D eigenvalue weighted by Gasteiger charge is -2.38. The molecule has 30 heavy (non-hydrogen) atoms. The summed E-state index contributed by atoms with van der Waals surface area (Å²) in [5.74, 6) is 0.610. The van der Waals surface area contributed by atoms with E-state index in [2.05, 4.69) is 36.8 Å². The van der Waals surface area contributed by atoms with Crippen LogP contribution in [0.25, 0.3) is 0 Å². The zero-order valence-electron chi connectivity index (χ0n) is 16.8. The SMILES string of the molecule is CCO[N+](=CC=O)Oc1ccc(Br)cc1CN1CCC(O)(c2ccc(Br)cc2)CC1. The van der Waals surface area contributed by atoms with E-state index in [4.69, 9.17) is 9.68 Å². The fraction of sp³-hybridized carbons (Fsp3) is 0.364. The van der Waals surface area contributed by atoms with E-state index in [0.717, 1.165) is 38.1 Å². The van der Waals surface area contributed by atoms with Crippen molar-refractivity contribution in [2.24, 2.45) is 0 Å². The molecule has 3 rings (SSSR count). The number of rotatable bonds is 8. The number of aldehydes is 1. The molecule has 0 spiro atoms. The fourth-order valence-electron chi connectivity index (χ4n) is 3.51. The lowest BCUT2D eigenvalue weighted by molar-refractivity contribution is -0.934. The molecule has 0 bridgehead atoms.